The molecule has 0 radical (unpaired) electrons. The summed E-state index contributed by atoms with van der Waals surface area (Å²) in [6.07, 6.45) is 24.0. The van der Waals surface area contributed by atoms with Crippen molar-refractivity contribution < 1.29 is 38.0 Å². The molecule has 0 fully saturated rings. The quantitative estimate of drug-likeness (QED) is 0.0696. The lowest BCUT2D eigenvalue weighted by Gasteiger charge is -2.29. The standard InChI is InChI=1S/C28H50NO7P/c1-5-6-7-8-9-10-11-12-13-14-15-16-17-18-19-20-21-22-27(32)28(23-29(2,3)4)36-37(33,34)35-25-26(31)24-30/h9-10,12-13,15-16,18-19,26,28,30-31H,5-8,11,14,17,20-25H2,1-4H3/p+1/b10-9-,13-12-,16-15-,19-18-. The number of aliphatic hydroxyl groups excluding tert-OH is 2. The smallest absolute Gasteiger partial charge is 0.394 e. The van der Waals surface area contributed by atoms with Crippen LogP contribution in [0.3, 0.4) is 0 Å². The van der Waals surface area contributed by atoms with Crippen molar-refractivity contribution in [2.45, 2.75) is 83.3 Å². The van der Waals surface area contributed by atoms with Crippen molar-refractivity contribution in [2.24, 2.45) is 0 Å². The third-order valence-electron chi connectivity index (χ3n) is 5.23. The summed E-state index contributed by atoms with van der Waals surface area (Å²) in [7, 11) is 0.980. The summed E-state index contributed by atoms with van der Waals surface area (Å²) in [5.74, 6) is -0.274. The summed E-state index contributed by atoms with van der Waals surface area (Å²) in [6.45, 7) is 1.23. The highest BCUT2D eigenvalue weighted by molar-refractivity contribution is 7.47. The number of phosphoric acid groups is 1. The van der Waals surface area contributed by atoms with E-state index in [1.807, 2.05) is 27.2 Å². The molecule has 0 spiro atoms. The number of Topliss-reactive ketones (excluding diaryl/α,β-unsaturated/α-hetero) is 1. The number of phosphoric ester groups is 1. The van der Waals surface area contributed by atoms with E-state index in [0.717, 1.165) is 25.7 Å². The maximum atomic E-state index is 12.7. The van der Waals surface area contributed by atoms with Crippen LogP contribution in [-0.2, 0) is 18.4 Å². The average molecular weight is 545 g/mol. The van der Waals surface area contributed by atoms with Gasteiger partial charge in [0.1, 0.15) is 12.6 Å². The third kappa shape index (κ3) is 23.5. The Hall–Kier alpha value is -1.38. The van der Waals surface area contributed by atoms with Crippen molar-refractivity contribution in [3.8, 4) is 0 Å². The van der Waals surface area contributed by atoms with Gasteiger partial charge in [0.15, 0.2) is 11.9 Å². The van der Waals surface area contributed by atoms with Crippen molar-refractivity contribution >= 4 is 13.6 Å². The number of rotatable bonds is 23. The molecule has 3 N–H and O–H groups in total. The topological polar surface area (TPSA) is 113 Å². The molecule has 0 aliphatic carbocycles. The first-order valence-corrected chi connectivity index (χ1v) is 14.9. The van der Waals surface area contributed by atoms with Gasteiger partial charge in [-0.15, -0.1) is 0 Å². The van der Waals surface area contributed by atoms with Gasteiger partial charge in [0.05, 0.1) is 34.4 Å². The Balaban J connectivity index is 4.30. The Bertz CT molecular complexity index is 756. The molecule has 0 aromatic rings. The highest BCUT2D eigenvalue weighted by Gasteiger charge is 2.34. The number of unbranched alkanes of at least 4 members (excludes halogenated alkanes) is 4. The normalized spacial score (nSPS) is 16.3. The van der Waals surface area contributed by atoms with E-state index in [2.05, 4.69) is 49.5 Å². The van der Waals surface area contributed by atoms with E-state index >= 15 is 0 Å². The molecule has 3 unspecified atom stereocenters. The van der Waals surface area contributed by atoms with Crippen LogP contribution in [0.4, 0.5) is 0 Å². The number of quaternary nitrogens is 1. The maximum absolute atomic E-state index is 12.7. The van der Waals surface area contributed by atoms with Crippen molar-refractivity contribution in [1.29, 1.82) is 0 Å². The van der Waals surface area contributed by atoms with Crippen LogP contribution in [0.1, 0.15) is 71.1 Å². The highest BCUT2D eigenvalue weighted by Crippen LogP contribution is 2.45. The Labute approximate surface area is 224 Å². The van der Waals surface area contributed by atoms with E-state index in [1.54, 1.807) is 0 Å². The predicted molar refractivity (Wildman–Crippen MR) is 150 cm³/mol. The second-order valence-electron chi connectivity index (χ2n) is 10.1. The van der Waals surface area contributed by atoms with Crippen molar-refractivity contribution in [3.05, 3.63) is 48.6 Å². The van der Waals surface area contributed by atoms with Gasteiger partial charge in [0, 0.05) is 6.42 Å². The molecule has 0 bridgehead atoms. The van der Waals surface area contributed by atoms with Crippen LogP contribution in [0.25, 0.3) is 0 Å². The zero-order valence-electron chi connectivity index (χ0n) is 23.3. The number of likely N-dealkylation sites (N-methyl/N-ethyl adjacent to an activating group) is 1. The lowest BCUT2D eigenvalue weighted by Crippen LogP contribution is -2.45. The minimum atomic E-state index is -4.56. The first kappa shape index (κ1) is 35.6. The number of hydrogen-bond donors (Lipinski definition) is 3. The second kappa shape index (κ2) is 21.5. The molecule has 0 saturated carbocycles. The zero-order chi connectivity index (χ0) is 28.0. The number of aliphatic hydroxyl groups is 2. The number of ketones is 1. The van der Waals surface area contributed by atoms with Gasteiger partial charge in [-0.2, -0.15) is 0 Å². The molecule has 214 valence electrons. The van der Waals surface area contributed by atoms with E-state index in [9.17, 15) is 19.4 Å². The Morgan fingerprint density at radius 1 is 0.892 bits per heavy atom. The molecule has 8 nitrogen and oxygen atoms in total. The molecule has 0 aromatic heterocycles. The molecular weight excluding hydrogens is 493 g/mol. The van der Waals surface area contributed by atoms with Crippen LogP contribution in [0.2, 0.25) is 0 Å². The Morgan fingerprint density at radius 2 is 1.41 bits per heavy atom. The van der Waals surface area contributed by atoms with Gasteiger partial charge in [-0.05, 0) is 44.9 Å². The molecule has 0 aromatic carbocycles. The molecular formula is C28H51NO7P+. The minimum Gasteiger partial charge on any atom is -0.394 e. The van der Waals surface area contributed by atoms with Crippen molar-refractivity contribution in [1.82, 2.24) is 0 Å². The Morgan fingerprint density at radius 3 is 1.89 bits per heavy atom. The fraction of sp³-hybridized carbons (Fsp3) is 0.679. The van der Waals surface area contributed by atoms with Crippen LogP contribution in [-0.4, -0.2) is 78.5 Å². The van der Waals surface area contributed by atoms with E-state index in [-0.39, 0.29) is 18.7 Å². The minimum absolute atomic E-state index is 0.194. The van der Waals surface area contributed by atoms with Gasteiger partial charge in [-0.3, -0.25) is 13.8 Å². The average Bonchev–Trinajstić information content (AvgIpc) is 2.82. The zero-order valence-corrected chi connectivity index (χ0v) is 24.2. The number of nitrogens with zero attached hydrogens (tertiary/aromatic N) is 1. The fourth-order valence-electron chi connectivity index (χ4n) is 3.23. The monoisotopic (exact) mass is 544 g/mol. The highest BCUT2D eigenvalue weighted by atomic mass is 31.2. The molecule has 9 heteroatoms. The Kier molecular flexibility index (Phi) is 20.7. The number of carbonyl (C=O) groups excluding carboxylic acids is 1. The first-order chi connectivity index (χ1) is 17.5. The summed E-state index contributed by atoms with van der Waals surface area (Å²) in [4.78, 5) is 22.6. The summed E-state index contributed by atoms with van der Waals surface area (Å²) in [6, 6.07) is 0. The van der Waals surface area contributed by atoms with Crippen molar-refractivity contribution in [3.63, 3.8) is 0 Å². The largest absolute Gasteiger partial charge is 0.473 e. The molecule has 0 heterocycles. The van der Waals surface area contributed by atoms with Crippen LogP contribution in [0, 0.1) is 0 Å². The van der Waals surface area contributed by atoms with Gasteiger partial charge in [-0.25, -0.2) is 4.57 Å². The van der Waals surface area contributed by atoms with Crippen LogP contribution in [0.15, 0.2) is 48.6 Å². The molecule has 0 saturated heterocycles. The summed E-state index contributed by atoms with van der Waals surface area (Å²) in [5, 5.41) is 18.1. The van der Waals surface area contributed by atoms with Gasteiger partial charge < -0.3 is 19.6 Å². The summed E-state index contributed by atoms with van der Waals surface area (Å²) >= 11 is 0. The molecule has 0 rings (SSSR count). The van der Waals surface area contributed by atoms with Crippen LogP contribution in [0.5, 0.6) is 0 Å². The van der Waals surface area contributed by atoms with Crippen molar-refractivity contribution in [2.75, 3.05) is 40.9 Å². The van der Waals surface area contributed by atoms with Crippen LogP contribution < -0.4 is 0 Å². The molecule has 0 amide bonds. The van der Waals surface area contributed by atoms with Gasteiger partial charge in [0.25, 0.3) is 0 Å². The molecule has 0 aliphatic heterocycles. The second-order valence-corrected chi connectivity index (χ2v) is 11.5. The van der Waals surface area contributed by atoms with E-state index < -0.39 is 33.2 Å². The van der Waals surface area contributed by atoms with Gasteiger partial charge >= 0.3 is 7.82 Å². The van der Waals surface area contributed by atoms with E-state index in [0.29, 0.717) is 10.9 Å². The third-order valence-corrected chi connectivity index (χ3v) is 6.22. The van der Waals surface area contributed by atoms with Gasteiger partial charge in [0.2, 0.25) is 0 Å². The first-order valence-electron chi connectivity index (χ1n) is 13.4. The van der Waals surface area contributed by atoms with E-state index in [4.69, 9.17) is 14.2 Å². The SMILES string of the molecule is CCCCC/C=C\C/C=C\C/C=C\C/C=C\CCCC(=O)C(C[N+](C)(C)C)OP(=O)(O)OCC(O)CO. The van der Waals surface area contributed by atoms with Crippen LogP contribution >= 0.6 is 7.82 Å². The predicted octanol–water partition coefficient (Wildman–Crippen LogP) is 5.26. The molecule has 37 heavy (non-hydrogen) atoms. The fourth-order valence-corrected chi connectivity index (χ4v) is 4.16. The lowest BCUT2D eigenvalue weighted by atomic mass is 10.1. The number of carbonyl (C=O) groups is 1. The van der Waals surface area contributed by atoms with E-state index in [1.165, 1.54) is 25.7 Å². The summed E-state index contributed by atoms with van der Waals surface area (Å²) in [5.41, 5.74) is 0. The summed E-state index contributed by atoms with van der Waals surface area (Å²) < 4.78 is 22.4. The number of hydrogen-bond acceptors (Lipinski definition) is 6. The maximum Gasteiger partial charge on any atom is 0.473 e. The number of allylic oxidation sites excluding steroid dienone is 8. The van der Waals surface area contributed by atoms with Gasteiger partial charge in [-0.1, -0.05) is 68.4 Å². The molecule has 3 atom stereocenters. The lowest BCUT2D eigenvalue weighted by molar-refractivity contribution is -0.872. The molecule has 0 aliphatic rings.